The van der Waals surface area contributed by atoms with Crippen LogP contribution in [0.2, 0.25) is 0 Å². The molecule has 0 aromatic heterocycles. The van der Waals surface area contributed by atoms with Crippen LogP contribution in [0.3, 0.4) is 0 Å². The van der Waals surface area contributed by atoms with Crippen LogP contribution in [0.5, 0.6) is 5.75 Å². The molecule has 2 aliphatic rings. The van der Waals surface area contributed by atoms with E-state index in [1.807, 2.05) is 0 Å². The molecule has 2 N–H and O–H groups in total. The molecule has 2 fully saturated rings. The van der Waals surface area contributed by atoms with Crippen LogP contribution in [0, 0.1) is 11.7 Å². The lowest BCUT2D eigenvalue weighted by atomic mass is 9.85. The lowest BCUT2D eigenvalue weighted by molar-refractivity contribution is 0.0205. The van der Waals surface area contributed by atoms with Gasteiger partial charge < -0.3 is 15.2 Å². The summed E-state index contributed by atoms with van der Waals surface area (Å²) in [6, 6.07) is 2.85. The fourth-order valence-corrected chi connectivity index (χ4v) is 4.00. The highest BCUT2D eigenvalue weighted by Crippen LogP contribution is 2.42. The summed E-state index contributed by atoms with van der Waals surface area (Å²) in [5, 5.41) is 13.8. The molecule has 1 aromatic rings. The molecule has 2 saturated heterocycles. The number of piperazine rings is 1. The smallest absolute Gasteiger partial charge is 0.134 e. The first-order valence-electron chi connectivity index (χ1n) is 7.87. The van der Waals surface area contributed by atoms with Crippen molar-refractivity contribution in [3.63, 3.8) is 0 Å². The summed E-state index contributed by atoms with van der Waals surface area (Å²) in [7, 11) is 0. The number of ether oxygens (including phenoxy) is 1. The molecule has 0 amide bonds. The Hall–Kier alpha value is -0.110. The van der Waals surface area contributed by atoms with E-state index in [2.05, 4.69) is 26.1 Å². The molecule has 2 aliphatic heterocycles. The maximum atomic E-state index is 13.9. The topological polar surface area (TPSA) is 44.7 Å². The largest absolute Gasteiger partial charge is 0.506 e. The van der Waals surface area contributed by atoms with Crippen molar-refractivity contribution >= 4 is 40.7 Å². The van der Waals surface area contributed by atoms with Crippen molar-refractivity contribution < 1.29 is 14.2 Å². The van der Waals surface area contributed by atoms with E-state index in [-0.39, 0.29) is 42.4 Å². The highest BCUT2D eigenvalue weighted by Gasteiger charge is 2.33. The zero-order valence-electron chi connectivity index (χ0n) is 13.3. The van der Waals surface area contributed by atoms with Crippen LogP contribution in [0.1, 0.15) is 24.4 Å². The first-order chi connectivity index (χ1) is 10.7. The van der Waals surface area contributed by atoms with E-state index >= 15 is 0 Å². The minimum atomic E-state index is -0.313. The standard InChI is InChI=1S/C16H22BrFN2O2.2ClH/c17-14-10-12(18)9-13(16(14)21)15(11-1-7-22-8-2-11)20-5-3-19-4-6-20;;/h9-11,15,19,21H,1-8H2;2*1H/t15-;;/m1../s1. The van der Waals surface area contributed by atoms with Crippen LogP contribution in [-0.2, 0) is 4.74 Å². The number of hydrogen-bond acceptors (Lipinski definition) is 4. The Labute approximate surface area is 163 Å². The average molecular weight is 446 g/mol. The monoisotopic (exact) mass is 444 g/mol. The van der Waals surface area contributed by atoms with Crippen LogP contribution in [0.15, 0.2) is 16.6 Å². The SMILES string of the molecule is Cl.Cl.Oc1c(Br)cc(F)cc1[C@@H](C1CCOCC1)N1CCNCC1. The number of nitrogens with one attached hydrogen (secondary N) is 1. The minimum absolute atomic E-state index is 0. The van der Waals surface area contributed by atoms with Crippen molar-refractivity contribution in [3.05, 3.63) is 28.0 Å². The average Bonchev–Trinajstić information content (AvgIpc) is 2.54. The van der Waals surface area contributed by atoms with E-state index < -0.39 is 0 Å². The van der Waals surface area contributed by atoms with Gasteiger partial charge in [-0.2, -0.15) is 0 Å². The van der Waals surface area contributed by atoms with Gasteiger partial charge in [0.25, 0.3) is 0 Å². The van der Waals surface area contributed by atoms with Crippen molar-refractivity contribution in [1.82, 2.24) is 10.2 Å². The predicted molar refractivity (Wildman–Crippen MR) is 101 cm³/mol. The second kappa shape index (κ2) is 10.1. The van der Waals surface area contributed by atoms with Gasteiger partial charge in [0, 0.05) is 51.0 Å². The molecule has 1 atom stereocenters. The number of benzene rings is 1. The Morgan fingerprint density at radius 2 is 1.83 bits per heavy atom. The Balaban J connectivity index is 0.00000144. The Bertz CT molecular complexity index is 509. The molecule has 0 unspecified atom stereocenters. The summed E-state index contributed by atoms with van der Waals surface area (Å²) in [4.78, 5) is 2.37. The summed E-state index contributed by atoms with van der Waals surface area (Å²) >= 11 is 3.27. The van der Waals surface area contributed by atoms with Crippen LogP contribution in [-0.4, -0.2) is 49.4 Å². The van der Waals surface area contributed by atoms with E-state index in [1.165, 1.54) is 12.1 Å². The summed E-state index contributed by atoms with van der Waals surface area (Å²) in [6.45, 7) is 5.16. The first-order valence-corrected chi connectivity index (χ1v) is 8.66. The summed E-state index contributed by atoms with van der Waals surface area (Å²) < 4.78 is 19.8. The third kappa shape index (κ3) is 4.96. The van der Waals surface area contributed by atoms with Crippen LogP contribution >= 0.6 is 40.7 Å². The van der Waals surface area contributed by atoms with Gasteiger partial charge in [0.05, 0.1) is 4.47 Å². The Morgan fingerprint density at radius 1 is 1.21 bits per heavy atom. The molecule has 0 saturated carbocycles. The number of phenols is 1. The van der Waals surface area contributed by atoms with Gasteiger partial charge in [-0.15, -0.1) is 24.8 Å². The molecule has 1 aromatic carbocycles. The molecule has 138 valence electrons. The van der Waals surface area contributed by atoms with Gasteiger partial charge in [-0.25, -0.2) is 4.39 Å². The minimum Gasteiger partial charge on any atom is -0.506 e. The third-order valence-electron chi connectivity index (χ3n) is 4.63. The van der Waals surface area contributed by atoms with E-state index in [4.69, 9.17) is 4.74 Å². The Morgan fingerprint density at radius 3 is 2.46 bits per heavy atom. The molecule has 0 spiro atoms. The van der Waals surface area contributed by atoms with Gasteiger partial charge >= 0.3 is 0 Å². The molecular weight excluding hydrogens is 422 g/mol. The number of halogens is 4. The van der Waals surface area contributed by atoms with Crippen molar-refractivity contribution in [2.24, 2.45) is 5.92 Å². The predicted octanol–water partition coefficient (Wildman–Crippen LogP) is 3.51. The number of phenolic OH excluding ortho intramolecular Hbond substituents is 1. The van der Waals surface area contributed by atoms with Gasteiger partial charge in [0.15, 0.2) is 0 Å². The maximum absolute atomic E-state index is 13.9. The Kier molecular flexibility index (Phi) is 9.27. The maximum Gasteiger partial charge on any atom is 0.134 e. The van der Waals surface area contributed by atoms with Gasteiger partial charge in [-0.3, -0.25) is 4.90 Å². The third-order valence-corrected chi connectivity index (χ3v) is 5.24. The molecule has 0 radical (unpaired) electrons. The highest BCUT2D eigenvalue weighted by atomic mass is 79.9. The molecule has 8 heteroatoms. The van der Waals surface area contributed by atoms with Gasteiger partial charge in [0.1, 0.15) is 11.6 Å². The summed E-state index contributed by atoms with van der Waals surface area (Å²) in [5.41, 5.74) is 0.695. The molecular formula is C16H24BrCl2FN2O2. The summed E-state index contributed by atoms with van der Waals surface area (Å²) in [6.07, 6.45) is 1.89. The van der Waals surface area contributed by atoms with E-state index in [9.17, 15) is 9.50 Å². The zero-order valence-corrected chi connectivity index (χ0v) is 16.6. The number of nitrogens with zero attached hydrogens (tertiary/aromatic N) is 1. The first kappa shape index (κ1) is 21.9. The lowest BCUT2D eigenvalue weighted by Gasteiger charge is -2.41. The zero-order chi connectivity index (χ0) is 15.5. The van der Waals surface area contributed by atoms with Crippen LogP contribution in [0.25, 0.3) is 0 Å². The van der Waals surface area contributed by atoms with Crippen molar-refractivity contribution in [3.8, 4) is 5.75 Å². The van der Waals surface area contributed by atoms with Crippen LogP contribution in [0.4, 0.5) is 4.39 Å². The molecule has 3 rings (SSSR count). The fraction of sp³-hybridized carbons (Fsp3) is 0.625. The number of aromatic hydroxyl groups is 1. The van der Waals surface area contributed by atoms with Crippen molar-refractivity contribution in [2.45, 2.75) is 18.9 Å². The number of rotatable bonds is 3. The van der Waals surface area contributed by atoms with Gasteiger partial charge in [-0.1, -0.05) is 0 Å². The van der Waals surface area contributed by atoms with E-state index in [1.54, 1.807) is 0 Å². The quantitative estimate of drug-likeness (QED) is 0.747. The van der Waals surface area contributed by atoms with Gasteiger partial charge in [0.2, 0.25) is 0 Å². The van der Waals surface area contributed by atoms with Gasteiger partial charge in [-0.05, 0) is 46.8 Å². The molecule has 4 nitrogen and oxygen atoms in total. The molecule has 2 heterocycles. The normalized spacial score (nSPS) is 20.8. The van der Waals surface area contributed by atoms with Crippen LogP contribution < -0.4 is 5.32 Å². The van der Waals surface area contributed by atoms with Crippen molar-refractivity contribution in [2.75, 3.05) is 39.4 Å². The molecule has 24 heavy (non-hydrogen) atoms. The lowest BCUT2D eigenvalue weighted by Crippen LogP contribution is -2.47. The van der Waals surface area contributed by atoms with E-state index in [0.29, 0.717) is 16.0 Å². The second-order valence-electron chi connectivity index (χ2n) is 6.01. The molecule has 0 aliphatic carbocycles. The second-order valence-corrected chi connectivity index (χ2v) is 6.86. The highest BCUT2D eigenvalue weighted by molar-refractivity contribution is 9.10. The summed E-state index contributed by atoms with van der Waals surface area (Å²) in [5.74, 6) is 0.231. The van der Waals surface area contributed by atoms with E-state index in [0.717, 1.165) is 52.2 Å². The molecule has 0 bridgehead atoms. The van der Waals surface area contributed by atoms with Crippen molar-refractivity contribution in [1.29, 1.82) is 0 Å². The fourth-order valence-electron chi connectivity index (χ4n) is 3.55. The number of hydrogen-bond donors (Lipinski definition) is 2.